The number of hydrogen-bond donors (Lipinski definition) is 2. The molecule has 3 N–H and O–H groups in total. The predicted molar refractivity (Wildman–Crippen MR) is 75.9 cm³/mol. The van der Waals surface area contributed by atoms with Crippen LogP contribution in [-0.4, -0.2) is 25.0 Å². The van der Waals surface area contributed by atoms with Crippen molar-refractivity contribution >= 4 is 11.6 Å². The summed E-state index contributed by atoms with van der Waals surface area (Å²) in [5, 5.41) is 2.92. The smallest absolute Gasteiger partial charge is 0.225 e. The highest BCUT2D eigenvalue weighted by atomic mass is 19.1. The summed E-state index contributed by atoms with van der Waals surface area (Å²) < 4.78 is 14.1. The molecule has 0 bridgehead atoms. The number of piperidine rings is 1. The van der Waals surface area contributed by atoms with Crippen molar-refractivity contribution in [3.05, 3.63) is 29.6 Å². The number of nitrogens with zero attached hydrogens (tertiary/aromatic N) is 1. The summed E-state index contributed by atoms with van der Waals surface area (Å²) in [5.41, 5.74) is 7.32. The zero-order valence-corrected chi connectivity index (χ0v) is 11.6. The summed E-state index contributed by atoms with van der Waals surface area (Å²) in [4.78, 5) is 14.0. The van der Waals surface area contributed by atoms with Crippen LogP contribution in [0, 0.1) is 11.7 Å². The van der Waals surface area contributed by atoms with Crippen molar-refractivity contribution in [2.75, 3.05) is 18.0 Å². The maximum atomic E-state index is 14.1. The van der Waals surface area contributed by atoms with Gasteiger partial charge >= 0.3 is 0 Å². The zero-order valence-electron chi connectivity index (χ0n) is 11.6. The molecular formula is C15H20FN3O. The number of nitrogens with two attached hydrogens (primary N) is 1. The van der Waals surface area contributed by atoms with Gasteiger partial charge in [0.2, 0.25) is 5.91 Å². The molecule has 2 aliphatic rings. The van der Waals surface area contributed by atoms with Crippen LogP contribution in [0.5, 0.6) is 0 Å². The van der Waals surface area contributed by atoms with E-state index in [1.807, 2.05) is 6.07 Å². The van der Waals surface area contributed by atoms with E-state index in [2.05, 4.69) is 10.2 Å². The van der Waals surface area contributed by atoms with Crippen LogP contribution in [0.25, 0.3) is 0 Å². The molecule has 0 aliphatic carbocycles. The molecule has 1 amide bonds. The van der Waals surface area contributed by atoms with E-state index in [-0.39, 0.29) is 29.7 Å². The summed E-state index contributed by atoms with van der Waals surface area (Å²) in [7, 11) is 0. The van der Waals surface area contributed by atoms with Gasteiger partial charge in [-0.1, -0.05) is 6.07 Å². The van der Waals surface area contributed by atoms with E-state index in [1.165, 1.54) is 6.07 Å². The number of halogens is 1. The highest BCUT2D eigenvalue weighted by Crippen LogP contribution is 2.35. The maximum absolute atomic E-state index is 14.1. The zero-order chi connectivity index (χ0) is 14.3. The van der Waals surface area contributed by atoms with Crippen molar-refractivity contribution in [1.82, 2.24) is 5.32 Å². The normalized spacial score (nSPS) is 27.1. The van der Waals surface area contributed by atoms with Crippen molar-refractivity contribution in [3.63, 3.8) is 0 Å². The van der Waals surface area contributed by atoms with Crippen LogP contribution in [0.15, 0.2) is 18.2 Å². The fourth-order valence-electron chi connectivity index (χ4n) is 3.48. The lowest BCUT2D eigenvalue weighted by atomic mass is 9.90. The molecule has 2 heterocycles. The fourth-order valence-corrected chi connectivity index (χ4v) is 3.48. The van der Waals surface area contributed by atoms with Crippen LogP contribution in [0.4, 0.5) is 10.1 Å². The van der Waals surface area contributed by atoms with E-state index in [0.717, 1.165) is 25.1 Å². The molecule has 2 saturated heterocycles. The fraction of sp³-hybridized carbons (Fsp3) is 0.533. The van der Waals surface area contributed by atoms with Crippen molar-refractivity contribution < 1.29 is 9.18 Å². The standard InChI is InChI=1S/C15H20FN3O/c1-9(17)14-11(16)5-2-6-12(14)19-7-3-4-10-13(19)8-18-15(10)20/h2,5-6,9-10,13H,3-4,7-8,17H2,1H3,(H,18,20)/t9-,10?,13?/m0/s1. The number of hydrogen-bond acceptors (Lipinski definition) is 3. The second-order valence-electron chi connectivity index (χ2n) is 5.72. The van der Waals surface area contributed by atoms with Crippen LogP contribution >= 0.6 is 0 Å². The highest BCUT2D eigenvalue weighted by Gasteiger charge is 2.41. The molecule has 5 heteroatoms. The third-order valence-electron chi connectivity index (χ3n) is 4.40. The number of benzene rings is 1. The molecule has 2 fully saturated rings. The summed E-state index contributed by atoms with van der Waals surface area (Å²) in [5.74, 6) is -0.122. The van der Waals surface area contributed by atoms with Crippen LogP contribution in [-0.2, 0) is 4.79 Å². The number of carbonyl (C=O) groups is 1. The monoisotopic (exact) mass is 277 g/mol. The largest absolute Gasteiger partial charge is 0.366 e. The van der Waals surface area contributed by atoms with E-state index in [9.17, 15) is 9.18 Å². The van der Waals surface area contributed by atoms with Gasteiger partial charge in [0, 0.05) is 30.4 Å². The van der Waals surface area contributed by atoms with Gasteiger partial charge in [-0.05, 0) is 31.9 Å². The first-order valence-electron chi connectivity index (χ1n) is 7.18. The number of carbonyl (C=O) groups excluding carboxylic acids is 1. The van der Waals surface area contributed by atoms with Gasteiger partial charge in [0.1, 0.15) is 5.82 Å². The minimum Gasteiger partial charge on any atom is -0.366 e. The average molecular weight is 277 g/mol. The molecule has 0 spiro atoms. The number of nitrogens with one attached hydrogen (secondary N) is 1. The Morgan fingerprint density at radius 1 is 1.50 bits per heavy atom. The molecule has 20 heavy (non-hydrogen) atoms. The number of amides is 1. The molecule has 1 aromatic rings. The molecule has 4 nitrogen and oxygen atoms in total. The number of fused-ring (bicyclic) bond motifs is 1. The average Bonchev–Trinajstić information content (AvgIpc) is 2.80. The highest BCUT2D eigenvalue weighted by molar-refractivity contribution is 5.83. The van der Waals surface area contributed by atoms with Gasteiger partial charge in [-0.25, -0.2) is 4.39 Å². The van der Waals surface area contributed by atoms with Crippen molar-refractivity contribution in [3.8, 4) is 0 Å². The minimum absolute atomic E-state index is 0.0212. The quantitative estimate of drug-likeness (QED) is 0.862. The van der Waals surface area contributed by atoms with Crippen molar-refractivity contribution in [1.29, 1.82) is 0 Å². The molecule has 2 aliphatic heterocycles. The van der Waals surface area contributed by atoms with Gasteiger partial charge in [0.25, 0.3) is 0 Å². The van der Waals surface area contributed by atoms with Crippen molar-refractivity contribution in [2.24, 2.45) is 11.7 Å². The second kappa shape index (κ2) is 5.05. The number of anilines is 1. The van der Waals surface area contributed by atoms with E-state index < -0.39 is 0 Å². The second-order valence-corrected chi connectivity index (χ2v) is 5.72. The van der Waals surface area contributed by atoms with E-state index in [0.29, 0.717) is 12.1 Å². The lowest BCUT2D eigenvalue weighted by Gasteiger charge is -2.39. The van der Waals surface area contributed by atoms with E-state index >= 15 is 0 Å². The van der Waals surface area contributed by atoms with E-state index in [4.69, 9.17) is 5.73 Å². The van der Waals surface area contributed by atoms with Gasteiger partial charge in [-0.15, -0.1) is 0 Å². The molecule has 0 saturated carbocycles. The van der Waals surface area contributed by atoms with Gasteiger partial charge < -0.3 is 16.0 Å². The Hall–Kier alpha value is -1.62. The van der Waals surface area contributed by atoms with Crippen LogP contribution in [0.2, 0.25) is 0 Å². The lowest BCUT2D eigenvalue weighted by Crippen LogP contribution is -2.46. The Bertz CT molecular complexity index is 532. The predicted octanol–water partition coefficient (Wildman–Crippen LogP) is 1.56. The Kier molecular flexibility index (Phi) is 3.38. The SMILES string of the molecule is C[C@H](N)c1c(F)cccc1N1CCCC2C(=O)NCC21. The molecule has 2 unspecified atom stereocenters. The maximum Gasteiger partial charge on any atom is 0.225 e. The molecule has 0 aromatic heterocycles. The Morgan fingerprint density at radius 2 is 2.30 bits per heavy atom. The van der Waals surface area contributed by atoms with Crippen LogP contribution < -0.4 is 16.0 Å². The van der Waals surface area contributed by atoms with Crippen molar-refractivity contribution in [2.45, 2.75) is 31.8 Å². The summed E-state index contributed by atoms with van der Waals surface area (Å²) in [6.45, 7) is 3.28. The third kappa shape index (κ3) is 2.06. The van der Waals surface area contributed by atoms with Gasteiger partial charge in [0.05, 0.1) is 12.0 Å². The Balaban J connectivity index is 2.00. The summed E-state index contributed by atoms with van der Waals surface area (Å²) >= 11 is 0. The minimum atomic E-state index is -0.364. The van der Waals surface area contributed by atoms with E-state index in [1.54, 1.807) is 13.0 Å². The Labute approximate surface area is 118 Å². The molecular weight excluding hydrogens is 257 g/mol. The summed E-state index contributed by atoms with van der Waals surface area (Å²) in [6.07, 6.45) is 1.86. The molecule has 3 rings (SSSR count). The summed E-state index contributed by atoms with van der Waals surface area (Å²) in [6, 6.07) is 4.83. The topological polar surface area (TPSA) is 58.4 Å². The molecule has 1 aromatic carbocycles. The van der Waals surface area contributed by atoms with Gasteiger partial charge in [0.15, 0.2) is 0 Å². The Morgan fingerprint density at radius 3 is 3.05 bits per heavy atom. The lowest BCUT2D eigenvalue weighted by molar-refractivity contribution is -0.122. The van der Waals surface area contributed by atoms with Gasteiger partial charge in [-0.2, -0.15) is 0 Å². The van der Waals surface area contributed by atoms with Gasteiger partial charge in [-0.3, -0.25) is 4.79 Å². The van der Waals surface area contributed by atoms with Crippen LogP contribution in [0.1, 0.15) is 31.4 Å². The first-order valence-corrected chi connectivity index (χ1v) is 7.18. The first kappa shape index (κ1) is 13.4. The van der Waals surface area contributed by atoms with Crippen LogP contribution in [0.3, 0.4) is 0 Å². The molecule has 3 atom stereocenters. The molecule has 0 radical (unpaired) electrons. The first-order chi connectivity index (χ1) is 9.59. The third-order valence-corrected chi connectivity index (χ3v) is 4.40. The number of rotatable bonds is 2. The molecule has 108 valence electrons.